The summed E-state index contributed by atoms with van der Waals surface area (Å²) in [6, 6.07) is 0. The standard InChI is InChI=1S/C10H16O4.C3H6O/c1-2-10(12)14-7-13-9-6-4-3-5-8(9)11;1-3-2-4-3/h2,8-9,11H,1,3-7H2;3H,2H2,1H3. The molecule has 2 aliphatic rings. The van der Waals surface area contributed by atoms with Crippen LogP contribution in [-0.4, -0.2) is 42.8 Å². The molecular formula is C13H22O5. The lowest BCUT2D eigenvalue weighted by Gasteiger charge is -2.27. The molecule has 5 nitrogen and oxygen atoms in total. The summed E-state index contributed by atoms with van der Waals surface area (Å²) >= 11 is 0. The van der Waals surface area contributed by atoms with Crippen LogP contribution in [0.25, 0.3) is 0 Å². The molecule has 3 unspecified atom stereocenters. The van der Waals surface area contributed by atoms with Crippen LogP contribution in [0, 0.1) is 0 Å². The third-order valence-corrected chi connectivity index (χ3v) is 2.82. The number of rotatable bonds is 4. The van der Waals surface area contributed by atoms with Crippen molar-refractivity contribution < 1.29 is 24.1 Å². The monoisotopic (exact) mass is 258 g/mol. The van der Waals surface area contributed by atoms with Gasteiger partial charge < -0.3 is 19.3 Å². The third kappa shape index (κ3) is 6.74. The van der Waals surface area contributed by atoms with E-state index >= 15 is 0 Å². The number of esters is 1. The molecular weight excluding hydrogens is 236 g/mol. The number of carbonyl (C=O) groups is 1. The summed E-state index contributed by atoms with van der Waals surface area (Å²) in [6.07, 6.45) is 4.73. The van der Waals surface area contributed by atoms with E-state index < -0.39 is 12.1 Å². The van der Waals surface area contributed by atoms with Crippen molar-refractivity contribution in [2.75, 3.05) is 13.4 Å². The van der Waals surface area contributed by atoms with E-state index in [1.807, 2.05) is 0 Å². The van der Waals surface area contributed by atoms with E-state index in [4.69, 9.17) is 9.47 Å². The van der Waals surface area contributed by atoms with E-state index in [2.05, 4.69) is 18.2 Å². The molecule has 0 amide bonds. The topological polar surface area (TPSA) is 68.3 Å². The summed E-state index contributed by atoms with van der Waals surface area (Å²) in [5.41, 5.74) is 0. The van der Waals surface area contributed by atoms with Gasteiger partial charge in [0.2, 0.25) is 0 Å². The normalized spacial score (nSPS) is 29.8. The zero-order chi connectivity index (χ0) is 13.4. The predicted molar refractivity (Wildman–Crippen MR) is 65.9 cm³/mol. The summed E-state index contributed by atoms with van der Waals surface area (Å²) < 4.78 is 14.6. The van der Waals surface area contributed by atoms with Gasteiger partial charge in [-0.15, -0.1) is 0 Å². The molecule has 1 aliphatic carbocycles. The average Bonchev–Trinajstić information content (AvgIpc) is 3.15. The van der Waals surface area contributed by atoms with Gasteiger partial charge in [-0.3, -0.25) is 0 Å². The van der Waals surface area contributed by atoms with Crippen LogP contribution in [0.4, 0.5) is 0 Å². The highest BCUT2D eigenvalue weighted by molar-refractivity contribution is 5.81. The zero-order valence-electron chi connectivity index (χ0n) is 10.8. The van der Waals surface area contributed by atoms with Crippen molar-refractivity contribution in [3.05, 3.63) is 12.7 Å². The van der Waals surface area contributed by atoms with Crippen LogP contribution in [0.3, 0.4) is 0 Å². The first-order valence-electron chi connectivity index (χ1n) is 6.34. The molecule has 1 saturated carbocycles. The van der Waals surface area contributed by atoms with Crippen LogP contribution >= 0.6 is 0 Å². The van der Waals surface area contributed by atoms with E-state index in [0.717, 1.165) is 38.4 Å². The Hall–Kier alpha value is -0.910. The van der Waals surface area contributed by atoms with Gasteiger partial charge in [0.05, 0.1) is 24.9 Å². The molecule has 5 heteroatoms. The smallest absolute Gasteiger partial charge is 0.332 e. The van der Waals surface area contributed by atoms with Crippen LogP contribution in [0.5, 0.6) is 0 Å². The molecule has 0 bridgehead atoms. The molecule has 2 rings (SSSR count). The van der Waals surface area contributed by atoms with Gasteiger partial charge in [0, 0.05) is 6.08 Å². The highest BCUT2D eigenvalue weighted by Gasteiger charge is 2.23. The van der Waals surface area contributed by atoms with Gasteiger partial charge in [0.15, 0.2) is 6.79 Å². The quantitative estimate of drug-likeness (QED) is 0.357. The first-order chi connectivity index (χ1) is 8.63. The molecule has 18 heavy (non-hydrogen) atoms. The summed E-state index contributed by atoms with van der Waals surface area (Å²) in [5, 5.41) is 9.51. The first-order valence-corrected chi connectivity index (χ1v) is 6.34. The minimum absolute atomic E-state index is 0.105. The molecule has 1 N–H and O–H groups in total. The lowest BCUT2D eigenvalue weighted by Crippen LogP contribution is -2.33. The van der Waals surface area contributed by atoms with Gasteiger partial charge in [-0.25, -0.2) is 4.79 Å². The summed E-state index contributed by atoms with van der Waals surface area (Å²) in [4.78, 5) is 10.7. The molecule has 1 saturated heterocycles. The van der Waals surface area contributed by atoms with E-state index in [0.29, 0.717) is 6.10 Å². The minimum Gasteiger partial charge on any atom is -0.435 e. The van der Waals surface area contributed by atoms with Crippen molar-refractivity contribution in [2.24, 2.45) is 0 Å². The summed E-state index contributed by atoms with van der Waals surface area (Å²) in [5.74, 6) is -0.504. The SMILES string of the molecule is C=CC(=O)OCOC1CCCCC1O.CC1CO1. The van der Waals surface area contributed by atoms with Crippen molar-refractivity contribution in [3.8, 4) is 0 Å². The fraction of sp³-hybridized carbons (Fsp3) is 0.769. The maximum absolute atomic E-state index is 10.7. The Morgan fingerprint density at radius 1 is 1.50 bits per heavy atom. The predicted octanol–water partition coefficient (Wildman–Crippen LogP) is 1.40. The Labute approximate surface area is 108 Å². The molecule has 0 aromatic rings. The molecule has 0 radical (unpaired) electrons. The van der Waals surface area contributed by atoms with Crippen LogP contribution < -0.4 is 0 Å². The highest BCUT2D eigenvalue weighted by Crippen LogP contribution is 2.20. The van der Waals surface area contributed by atoms with Gasteiger partial charge in [-0.2, -0.15) is 0 Å². The maximum Gasteiger partial charge on any atom is 0.332 e. The second kappa shape index (κ2) is 8.24. The van der Waals surface area contributed by atoms with E-state index in [-0.39, 0.29) is 12.9 Å². The number of hydrogen-bond acceptors (Lipinski definition) is 5. The Morgan fingerprint density at radius 2 is 2.11 bits per heavy atom. The van der Waals surface area contributed by atoms with E-state index in [1.165, 1.54) is 0 Å². The van der Waals surface area contributed by atoms with Crippen LogP contribution in [0.1, 0.15) is 32.6 Å². The zero-order valence-corrected chi connectivity index (χ0v) is 10.8. The number of epoxide rings is 1. The highest BCUT2D eigenvalue weighted by atomic mass is 16.7. The molecule has 0 aromatic heterocycles. The average molecular weight is 258 g/mol. The number of carbonyl (C=O) groups excluding carboxylic acids is 1. The van der Waals surface area contributed by atoms with Crippen LogP contribution in [-0.2, 0) is 19.0 Å². The number of ether oxygens (including phenoxy) is 3. The molecule has 104 valence electrons. The molecule has 2 fully saturated rings. The Balaban J connectivity index is 0.000000341. The van der Waals surface area contributed by atoms with Gasteiger partial charge in [-0.1, -0.05) is 19.4 Å². The molecule has 3 atom stereocenters. The maximum atomic E-state index is 10.7. The van der Waals surface area contributed by atoms with E-state index in [1.54, 1.807) is 0 Å². The van der Waals surface area contributed by atoms with Gasteiger partial charge in [0.25, 0.3) is 0 Å². The molecule has 0 spiro atoms. The van der Waals surface area contributed by atoms with Crippen molar-refractivity contribution in [1.82, 2.24) is 0 Å². The van der Waals surface area contributed by atoms with E-state index in [9.17, 15) is 9.90 Å². The second-order valence-corrected chi connectivity index (χ2v) is 4.49. The van der Waals surface area contributed by atoms with Gasteiger partial charge in [-0.05, 0) is 19.8 Å². The Kier molecular flexibility index (Phi) is 6.93. The number of hydrogen-bond donors (Lipinski definition) is 1. The minimum atomic E-state index is -0.504. The van der Waals surface area contributed by atoms with Crippen LogP contribution in [0.2, 0.25) is 0 Å². The first kappa shape index (κ1) is 15.1. The van der Waals surface area contributed by atoms with Crippen molar-refractivity contribution in [3.63, 3.8) is 0 Å². The van der Waals surface area contributed by atoms with Gasteiger partial charge in [0.1, 0.15) is 0 Å². The summed E-state index contributed by atoms with van der Waals surface area (Å²) in [7, 11) is 0. The second-order valence-electron chi connectivity index (χ2n) is 4.49. The van der Waals surface area contributed by atoms with Crippen molar-refractivity contribution in [2.45, 2.75) is 50.9 Å². The largest absolute Gasteiger partial charge is 0.435 e. The van der Waals surface area contributed by atoms with Crippen molar-refractivity contribution in [1.29, 1.82) is 0 Å². The fourth-order valence-corrected chi connectivity index (χ4v) is 1.61. The van der Waals surface area contributed by atoms with Crippen LogP contribution in [0.15, 0.2) is 12.7 Å². The Bertz CT molecular complexity index is 262. The summed E-state index contributed by atoms with van der Waals surface area (Å²) in [6.45, 7) is 6.20. The fourth-order valence-electron chi connectivity index (χ4n) is 1.61. The third-order valence-electron chi connectivity index (χ3n) is 2.82. The van der Waals surface area contributed by atoms with Crippen molar-refractivity contribution >= 4 is 5.97 Å². The molecule has 1 heterocycles. The molecule has 0 aromatic carbocycles. The number of aliphatic hydroxyl groups excluding tert-OH is 1. The van der Waals surface area contributed by atoms with Gasteiger partial charge >= 0.3 is 5.97 Å². The molecule has 1 aliphatic heterocycles. The Morgan fingerprint density at radius 3 is 2.61 bits per heavy atom. The lowest BCUT2D eigenvalue weighted by molar-refractivity contribution is -0.164. The lowest BCUT2D eigenvalue weighted by atomic mass is 9.95. The number of aliphatic hydroxyl groups is 1.